The monoisotopic (exact) mass is 683 g/mol. The normalized spacial score (nSPS) is 45.8. The van der Waals surface area contributed by atoms with Gasteiger partial charge in [0.15, 0.2) is 18.4 Å². The number of ether oxygens (including phenoxy) is 5. The van der Waals surface area contributed by atoms with Crippen LogP contribution in [0.4, 0.5) is 0 Å². The van der Waals surface area contributed by atoms with Crippen molar-refractivity contribution in [3.05, 3.63) is 36.5 Å². The third-order valence-corrected chi connectivity index (χ3v) is 9.62. The Morgan fingerprint density at radius 3 is 2.23 bits per heavy atom. The molecule has 0 radical (unpaired) electrons. The molecule has 0 aromatic carbocycles. The van der Waals surface area contributed by atoms with Gasteiger partial charge < -0.3 is 54.1 Å². The Morgan fingerprint density at radius 2 is 1.58 bits per heavy atom. The van der Waals surface area contributed by atoms with Crippen LogP contribution in [0.1, 0.15) is 60.8 Å². The van der Waals surface area contributed by atoms with E-state index in [0.717, 1.165) is 0 Å². The first-order valence-electron chi connectivity index (χ1n) is 17.0. The summed E-state index contributed by atoms with van der Waals surface area (Å²) in [5.41, 5.74) is -1.94. The molecule has 0 aromatic rings. The van der Waals surface area contributed by atoms with Crippen LogP contribution in [0.15, 0.2) is 36.5 Å². The first-order chi connectivity index (χ1) is 22.5. The number of allylic oxidation sites excluding steroid dienone is 3. The van der Waals surface area contributed by atoms with Crippen LogP contribution in [0, 0.1) is 17.8 Å². The summed E-state index contributed by atoms with van der Waals surface area (Å²) in [5, 5.41) is 53.5. The molecule has 0 aliphatic carbocycles. The maximum absolute atomic E-state index is 13.2. The van der Waals surface area contributed by atoms with Crippen molar-refractivity contribution in [3.8, 4) is 0 Å². The molecule has 3 rings (SSSR count). The quantitative estimate of drug-likeness (QED) is 0.242. The predicted molar refractivity (Wildman–Crippen MR) is 175 cm³/mol. The van der Waals surface area contributed by atoms with Crippen molar-refractivity contribution >= 4 is 11.8 Å². The summed E-state index contributed by atoms with van der Waals surface area (Å²) in [5.74, 6) is -1.81. The van der Waals surface area contributed by atoms with Crippen molar-refractivity contribution < 1.29 is 58.8 Å². The minimum atomic E-state index is -1.94. The number of likely N-dealkylation sites (N-methyl/N-ethyl adjacent to an activating group) is 1. The molecule has 13 heteroatoms. The third-order valence-electron chi connectivity index (χ3n) is 9.62. The van der Waals surface area contributed by atoms with Crippen LogP contribution in [0.2, 0.25) is 0 Å². The van der Waals surface area contributed by atoms with Crippen molar-refractivity contribution in [2.24, 2.45) is 17.8 Å². The molecule has 0 amide bonds. The van der Waals surface area contributed by atoms with Crippen molar-refractivity contribution in [2.45, 2.75) is 134 Å². The average Bonchev–Trinajstić information content (AvgIpc) is 3.03. The molecule has 48 heavy (non-hydrogen) atoms. The fourth-order valence-corrected chi connectivity index (χ4v) is 6.60. The van der Waals surface area contributed by atoms with E-state index in [1.807, 2.05) is 46.7 Å². The number of cyclic esters (lactones) is 1. The number of aliphatic hydroxyl groups is 5. The number of aliphatic hydroxyl groups excluding tert-OH is 4. The molecule has 2 saturated heterocycles. The lowest BCUT2D eigenvalue weighted by Crippen LogP contribution is -2.58. The van der Waals surface area contributed by atoms with Gasteiger partial charge in [-0.1, -0.05) is 45.9 Å². The molecule has 0 aromatic heterocycles. The van der Waals surface area contributed by atoms with Crippen molar-refractivity contribution in [1.29, 1.82) is 0 Å². The van der Waals surface area contributed by atoms with Crippen LogP contribution < -0.4 is 0 Å². The summed E-state index contributed by atoms with van der Waals surface area (Å²) in [6.07, 6.45) is -0.557. The molecule has 0 unspecified atom stereocenters. The van der Waals surface area contributed by atoms with Crippen LogP contribution in [0.3, 0.4) is 0 Å². The van der Waals surface area contributed by atoms with Crippen LogP contribution >= 0.6 is 0 Å². The van der Waals surface area contributed by atoms with Gasteiger partial charge in [-0.25, -0.2) is 4.79 Å². The molecule has 3 heterocycles. The SMILES string of the molecule is CC[C@@H]1OC(=O)/C=C/[C@H](C)[C@@H](O[C@@H]2O[C@H](C)C[C@H](N(C)C)[C@@H]2O)[C@@H](C)C[C@H](C)C(=O)/C=C/C=C\[C@@]1(O)CO[C@H]1O[C@H](C)[C@@H](O)[C@H](O)[C@H]1O. The van der Waals surface area contributed by atoms with E-state index >= 15 is 0 Å². The predicted octanol–water partition coefficient (Wildman–Crippen LogP) is 1.24. The molecule has 3 aliphatic rings. The summed E-state index contributed by atoms with van der Waals surface area (Å²) in [4.78, 5) is 28.2. The number of carbonyl (C=O) groups is 2. The number of esters is 1. The Balaban J connectivity index is 1.88. The minimum Gasteiger partial charge on any atom is -0.456 e. The van der Waals surface area contributed by atoms with E-state index in [1.54, 1.807) is 13.0 Å². The van der Waals surface area contributed by atoms with E-state index in [9.17, 15) is 35.1 Å². The lowest BCUT2D eigenvalue weighted by molar-refractivity contribution is -0.302. The molecule has 0 saturated carbocycles. The molecule has 3 aliphatic heterocycles. The van der Waals surface area contributed by atoms with Gasteiger partial charge in [0.2, 0.25) is 0 Å². The van der Waals surface area contributed by atoms with E-state index in [1.165, 1.54) is 37.3 Å². The van der Waals surface area contributed by atoms with Gasteiger partial charge in [0, 0.05) is 24.0 Å². The zero-order chi connectivity index (χ0) is 35.9. The summed E-state index contributed by atoms with van der Waals surface area (Å²) in [7, 11) is 3.79. The van der Waals surface area contributed by atoms with Gasteiger partial charge in [0.25, 0.3) is 0 Å². The Hall–Kier alpha value is -2.04. The fraction of sp³-hybridized carbons (Fsp3) is 0.771. The molecule has 2 fully saturated rings. The van der Waals surface area contributed by atoms with Gasteiger partial charge in [0.1, 0.15) is 36.1 Å². The Kier molecular flexibility index (Phi) is 14.9. The zero-order valence-electron chi connectivity index (χ0n) is 29.4. The van der Waals surface area contributed by atoms with E-state index in [-0.39, 0.29) is 36.2 Å². The third kappa shape index (κ3) is 10.3. The second-order valence-electron chi connectivity index (χ2n) is 13.9. The smallest absolute Gasteiger partial charge is 0.330 e. The maximum Gasteiger partial charge on any atom is 0.330 e. The minimum absolute atomic E-state index is 0.144. The highest BCUT2D eigenvalue weighted by Gasteiger charge is 2.45. The van der Waals surface area contributed by atoms with Gasteiger partial charge in [-0.15, -0.1) is 0 Å². The van der Waals surface area contributed by atoms with E-state index in [4.69, 9.17) is 23.7 Å². The van der Waals surface area contributed by atoms with Gasteiger partial charge in [0.05, 0.1) is 24.9 Å². The summed E-state index contributed by atoms with van der Waals surface area (Å²) in [6, 6.07) is -0.179. The number of hydrogen-bond acceptors (Lipinski definition) is 13. The number of hydrogen-bond donors (Lipinski definition) is 5. The van der Waals surface area contributed by atoms with E-state index in [0.29, 0.717) is 12.8 Å². The summed E-state index contributed by atoms with van der Waals surface area (Å²) >= 11 is 0. The first kappa shape index (κ1) is 40.4. The van der Waals surface area contributed by atoms with Crippen LogP contribution in [0.25, 0.3) is 0 Å². The van der Waals surface area contributed by atoms with Crippen molar-refractivity contribution in [1.82, 2.24) is 4.90 Å². The second-order valence-corrected chi connectivity index (χ2v) is 13.9. The maximum atomic E-state index is 13.2. The van der Waals surface area contributed by atoms with E-state index in [2.05, 4.69) is 0 Å². The Labute approximate surface area is 284 Å². The fourth-order valence-electron chi connectivity index (χ4n) is 6.60. The molecule has 0 bridgehead atoms. The molecular weight excluding hydrogens is 626 g/mol. The highest BCUT2D eigenvalue weighted by Crippen LogP contribution is 2.32. The summed E-state index contributed by atoms with van der Waals surface area (Å²) < 4.78 is 29.4. The van der Waals surface area contributed by atoms with Crippen LogP contribution in [-0.4, -0.2) is 136 Å². The van der Waals surface area contributed by atoms with Crippen LogP contribution in [-0.2, 0) is 33.3 Å². The lowest BCUT2D eigenvalue weighted by atomic mass is 9.84. The largest absolute Gasteiger partial charge is 0.456 e. The zero-order valence-corrected chi connectivity index (χ0v) is 29.4. The molecular formula is C35H57NO12. The second kappa shape index (κ2) is 17.8. The number of rotatable bonds is 7. The molecule has 0 spiro atoms. The van der Waals surface area contributed by atoms with Gasteiger partial charge in [-0.3, -0.25) is 4.79 Å². The van der Waals surface area contributed by atoms with Crippen molar-refractivity contribution in [2.75, 3.05) is 20.7 Å². The van der Waals surface area contributed by atoms with Gasteiger partial charge >= 0.3 is 5.97 Å². The van der Waals surface area contributed by atoms with Gasteiger partial charge in [-0.05, 0) is 65.3 Å². The van der Waals surface area contributed by atoms with Gasteiger partial charge in [-0.2, -0.15) is 0 Å². The average molecular weight is 684 g/mol. The first-order valence-corrected chi connectivity index (χ1v) is 17.0. The number of carbonyl (C=O) groups excluding carboxylic acids is 2. The van der Waals surface area contributed by atoms with Crippen molar-refractivity contribution in [3.63, 3.8) is 0 Å². The number of nitrogens with zero attached hydrogens (tertiary/aromatic N) is 1. The standard InChI is InChI=1S/C35H57NO12/c1-9-26-35(43,18-44-33-31(42)30(41)28(39)23(6)46-33)15-11-10-12-25(37)20(3)16-21(4)32(19(2)13-14-27(38)47-26)48-34-29(40)24(36(7)8)17-22(5)45-34/h10-15,19-24,26,28-34,39-43H,9,16-18H2,1-8H3/b12-10+,14-13+,15-11-/t19-,20-,21-,22+,23+,24-,26-,28+,29-,30-,31+,32+,33-,34-,35+/m0/s1. The van der Waals surface area contributed by atoms with E-state index < -0.39 is 79.4 Å². The lowest BCUT2D eigenvalue weighted by Gasteiger charge is -2.43. The topological polar surface area (TPSA) is 185 Å². The molecule has 5 N–H and O–H groups in total. The molecule has 15 atom stereocenters. The highest BCUT2D eigenvalue weighted by atomic mass is 16.7. The number of ketones is 1. The van der Waals surface area contributed by atoms with Crippen LogP contribution in [0.5, 0.6) is 0 Å². The Bertz CT molecular complexity index is 1140. The summed E-state index contributed by atoms with van der Waals surface area (Å²) in [6.45, 7) is 10.3. The Morgan fingerprint density at radius 1 is 0.896 bits per heavy atom. The molecule has 274 valence electrons. The highest BCUT2D eigenvalue weighted by molar-refractivity contribution is 5.91. The molecule has 13 nitrogen and oxygen atoms in total.